The first-order valence-electron chi connectivity index (χ1n) is 7.59. The number of halogens is 2. The molecular formula is C16H24ClFN2. The summed E-state index contributed by atoms with van der Waals surface area (Å²) in [7, 11) is 0. The van der Waals surface area contributed by atoms with E-state index >= 15 is 0 Å². The van der Waals surface area contributed by atoms with Crippen molar-refractivity contribution >= 4 is 17.4 Å². The van der Waals surface area contributed by atoms with E-state index < -0.39 is 0 Å². The van der Waals surface area contributed by atoms with Crippen molar-refractivity contribution in [1.29, 1.82) is 0 Å². The van der Waals surface area contributed by atoms with Crippen LogP contribution in [0.5, 0.6) is 0 Å². The average molecular weight is 299 g/mol. The maximum atomic E-state index is 14.5. The predicted octanol–water partition coefficient (Wildman–Crippen LogP) is 4.75. The van der Waals surface area contributed by atoms with Gasteiger partial charge in [-0.3, -0.25) is 0 Å². The number of aromatic nitrogens is 1. The molecule has 1 saturated carbocycles. The zero-order valence-corrected chi connectivity index (χ0v) is 13.2. The minimum absolute atomic E-state index is 0.198. The molecule has 0 N–H and O–H groups in total. The SMILES string of the molecule is CC(C)CCN(c1nccc(CCl)c1F)C1CCCC1. The Morgan fingerprint density at radius 2 is 2.10 bits per heavy atom. The van der Waals surface area contributed by atoms with Gasteiger partial charge in [0.15, 0.2) is 11.6 Å². The van der Waals surface area contributed by atoms with Crippen molar-refractivity contribution in [3.63, 3.8) is 0 Å². The van der Waals surface area contributed by atoms with E-state index in [9.17, 15) is 4.39 Å². The predicted molar refractivity (Wildman–Crippen MR) is 82.8 cm³/mol. The van der Waals surface area contributed by atoms with Gasteiger partial charge in [0.25, 0.3) is 0 Å². The second kappa shape index (κ2) is 7.26. The molecule has 1 aliphatic carbocycles. The number of rotatable bonds is 6. The summed E-state index contributed by atoms with van der Waals surface area (Å²) < 4.78 is 14.5. The van der Waals surface area contributed by atoms with Gasteiger partial charge >= 0.3 is 0 Å². The summed E-state index contributed by atoms with van der Waals surface area (Å²) in [4.78, 5) is 6.48. The minimum Gasteiger partial charge on any atom is -0.351 e. The molecule has 1 aliphatic rings. The van der Waals surface area contributed by atoms with Crippen molar-refractivity contribution in [2.75, 3.05) is 11.4 Å². The summed E-state index contributed by atoms with van der Waals surface area (Å²) in [6.07, 6.45) is 7.49. The molecule has 0 bridgehead atoms. The van der Waals surface area contributed by atoms with Gasteiger partial charge in [-0.2, -0.15) is 0 Å². The maximum absolute atomic E-state index is 14.5. The Morgan fingerprint density at radius 3 is 2.70 bits per heavy atom. The van der Waals surface area contributed by atoms with Gasteiger partial charge in [-0.05, 0) is 31.2 Å². The van der Waals surface area contributed by atoms with Crippen molar-refractivity contribution in [1.82, 2.24) is 4.98 Å². The van der Waals surface area contributed by atoms with E-state index in [2.05, 4.69) is 23.7 Å². The number of hydrogen-bond donors (Lipinski definition) is 0. The fraction of sp³-hybridized carbons (Fsp3) is 0.688. The van der Waals surface area contributed by atoms with E-state index in [4.69, 9.17) is 11.6 Å². The number of anilines is 1. The van der Waals surface area contributed by atoms with Crippen molar-refractivity contribution < 1.29 is 4.39 Å². The Morgan fingerprint density at radius 1 is 1.40 bits per heavy atom. The summed E-state index contributed by atoms with van der Waals surface area (Å²) >= 11 is 5.81. The Hall–Kier alpha value is -0.830. The van der Waals surface area contributed by atoms with Gasteiger partial charge in [-0.25, -0.2) is 9.37 Å². The van der Waals surface area contributed by atoms with Crippen LogP contribution in [0.15, 0.2) is 12.3 Å². The quantitative estimate of drug-likeness (QED) is 0.704. The minimum atomic E-state index is -0.238. The largest absolute Gasteiger partial charge is 0.351 e. The van der Waals surface area contributed by atoms with Crippen molar-refractivity contribution in [2.24, 2.45) is 5.92 Å². The Balaban J connectivity index is 2.25. The van der Waals surface area contributed by atoms with Crippen LogP contribution in [0.3, 0.4) is 0 Å². The monoisotopic (exact) mass is 298 g/mol. The highest BCUT2D eigenvalue weighted by atomic mass is 35.5. The fourth-order valence-electron chi connectivity index (χ4n) is 2.85. The van der Waals surface area contributed by atoms with Crippen LogP contribution in [-0.4, -0.2) is 17.6 Å². The maximum Gasteiger partial charge on any atom is 0.170 e. The summed E-state index contributed by atoms with van der Waals surface area (Å²) in [5.41, 5.74) is 0.546. The van der Waals surface area contributed by atoms with E-state index in [1.54, 1.807) is 12.3 Å². The van der Waals surface area contributed by atoms with Gasteiger partial charge < -0.3 is 4.90 Å². The van der Waals surface area contributed by atoms with Gasteiger partial charge in [-0.1, -0.05) is 26.7 Å². The highest BCUT2D eigenvalue weighted by Crippen LogP contribution is 2.30. The third-order valence-corrected chi connectivity index (χ3v) is 4.37. The molecule has 1 aromatic heterocycles. The van der Waals surface area contributed by atoms with Crippen LogP contribution in [0.1, 0.15) is 51.5 Å². The molecule has 20 heavy (non-hydrogen) atoms. The van der Waals surface area contributed by atoms with E-state index in [0.717, 1.165) is 25.8 Å². The van der Waals surface area contributed by atoms with Crippen LogP contribution in [0.2, 0.25) is 0 Å². The molecule has 0 atom stereocenters. The molecule has 0 spiro atoms. The molecule has 0 amide bonds. The van der Waals surface area contributed by atoms with E-state index in [1.807, 2.05) is 0 Å². The zero-order chi connectivity index (χ0) is 14.5. The summed E-state index contributed by atoms with van der Waals surface area (Å²) in [6, 6.07) is 2.10. The molecule has 1 aromatic rings. The van der Waals surface area contributed by atoms with E-state index in [-0.39, 0.29) is 11.7 Å². The van der Waals surface area contributed by atoms with Gasteiger partial charge in [0.1, 0.15) is 0 Å². The molecule has 0 unspecified atom stereocenters. The number of hydrogen-bond acceptors (Lipinski definition) is 2. The van der Waals surface area contributed by atoms with Gasteiger partial charge in [0.2, 0.25) is 0 Å². The zero-order valence-electron chi connectivity index (χ0n) is 12.4. The first kappa shape index (κ1) is 15.6. The third-order valence-electron chi connectivity index (χ3n) is 4.08. The lowest BCUT2D eigenvalue weighted by atomic mass is 10.1. The smallest absolute Gasteiger partial charge is 0.170 e. The summed E-state index contributed by atoms with van der Waals surface area (Å²) in [6.45, 7) is 5.27. The highest BCUT2D eigenvalue weighted by molar-refractivity contribution is 6.17. The third kappa shape index (κ3) is 3.63. The second-order valence-corrected chi connectivity index (χ2v) is 6.32. The average Bonchev–Trinajstić information content (AvgIpc) is 2.94. The Bertz CT molecular complexity index is 430. The molecule has 0 radical (unpaired) electrons. The molecular weight excluding hydrogens is 275 g/mol. The van der Waals surface area contributed by atoms with Crippen LogP contribution in [0, 0.1) is 11.7 Å². The molecule has 2 rings (SSSR count). The standard InChI is InChI=1S/C16H24ClFN2/c1-12(2)8-10-20(14-5-3-4-6-14)16-15(18)13(11-17)7-9-19-16/h7,9,12,14H,3-6,8,10-11H2,1-2H3. The van der Waals surface area contributed by atoms with Gasteiger partial charge in [-0.15, -0.1) is 11.6 Å². The van der Waals surface area contributed by atoms with Crippen LogP contribution < -0.4 is 4.90 Å². The Labute approximate surface area is 126 Å². The molecule has 4 heteroatoms. The molecule has 112 valence electrons. The lowest BCUT2D eigenvalue weighted by Crippen LogP contribution is -2.36. The summed E-state index contributed by atoms with van der Waals surface area (Å²) in [5, 5.41) is 0. The van der Waals surface area contributed by atoms with Crippen molar-refractivity contribution in [3.8, 4) is 0 Å². The lowest BCUT2D eigenvalue weighted by Gasteiger charge is -2.31. The molecule has 0 aromatic carbocycles. The van der Waals surface area contributed by atoms with Crippen LogP contribution in [0.25, 0.3) is 0 Å². The molecule has 0 saturated heterocycles. The van der Waals surface area contributed by atoms with Crippen molar-refractivity contribution in [2.45, 2.75) is 57.9 Å². The first-order valence-corrected chi connectivity index (χ1v) is 8.13. The van der Waals surface area contributed by atoms with Gasteiger partial charge in [0.05, 0.1) is 5.88 Å². The van der Waals surface area contributed by atoms with Crippen molar-refractivity contribution in [3.05, 3.63) is 23.6 Å². The van der Waals surface area contributed by atoms with Crippen LogP contribution >= 0.6 is 11.6 Å². The normalized spacial score (nSPS) is 16.1. The highest BCUT2D eigenvalue weighted by Gasteiger charge is 2.26. The van der Waals surface area contributed by atoms with Gasteiger partial charge in [0, 0.05) is 24.3 Å². The number of alkyl halides is 1. The Kier molecular flexibility index (Phi) is 5.64. The fourth-order valence-corrected chi connectivity index (χ4v) is 3.06. The molecule has 1 fully saturated rings. The van der Waals surface area contributed by atoms with Crippen LogP contribution in [0.4, 0.5) is 10.2 Å². The number of pyridine rings is 1. The number of nitrogens with zero attached hydrogens (tertiary/aromatic N) is 2. The molecule has 0 aliphatic heterocycles. The topological polar surface area (TPSA) is 16.1 Å². The summed E-state index contributed by atoms with van der Waals surface area (Å²) in [5.74, 6) is 1.07. The molecule has 2 nitrogen and oxygen atoms in total. The van der Waals surface area contributed by atoms with E-state index in [0.29, 0.717) is 23.3 Å². The first-order chi connectivity index (χ1) is 9.63. The molecule has 1 heterocycles. The van der Waals surface area contributed by atoms with E-state index in [1.165, 1.54) is 12.8 Å². The lowest BCUT2D eigenvalue weighted by molar-refractivity contribution is 0.510. The second-order valence-electron chi connectivity index (χ2n) is 6.06. The van der Waals surface area contributed by atoms with Crippen LogP contribution in [-0.2, 0) is 5.88 Å².